The van der Waals surface area contributed by atoms with Gasteiger partial charge >= 0.3 is 6.03 Å². The van der Waals surface area contributed by atoms with Gasteiger partial charge < -0.3 is 15.5 Å². The first-order valence-corrected chi connectivity index (χ1v) is 10.8. The van der Waals surface area contributed by atoms with Crippen molar-refractivity contribution in [2.75, 3.05) is 18.4 Å². The van der Waals surface area contributed by atoms with Gasteiger partial charge in [-0.3, -0.25) is 0 Å². The van der Waals surface area contributed by atoms with Gasteiger partial charge in [-0.2, -0.15) is 0 Å². The quantitative estimate of drug-likeness (QED) is 0.705. The second-order valence-corrected chi connectivity index (χ2v) is 9.15. The summed E-state index contributed by atoms with van der Waals surface area (Å²) in [5.41, 5.74) is 0.571. The van der Waals surface area contributed by atoms with E-state index in [4.69, 9.17) is 0 Å². The maximum Gasteiger partial charge on any atom is 0.319 e. The number of likely N-dealkylation sites (tertiary alicyclic amines) is 1. The first-order chi connectivity index (χ1) is 12.3. The SMILES string of the molecule is CC(C)NS(=O)(=O)c1ccc(NC(=O)NC2CCN(C3CC3)CC2)cc1. The summed E-state index contributed by atoms with van der Waals surface area (Å²) in [4.78, 5) is 14.9. The molecule has 1 aliphatic carbocycles. The van der Waals surface area contributed by atoms with Crippen molar-refractivity contribution in [1.82, 2.24) is 14.9 Å². The average molecular weight is 381 g/mol. The molecule has 0 bridgehead atoms. The second kappa shape index (κ2) is 7.94. The van der Waals surface area contributed by atoms with Gasteiger partial charge in [0.15, 0.2) is 0 Å². The highest BCUT2D eigenvalue weighted by Gasteiger charge is 2.32. The first kappa shape index (κ1) is 19.1. The smallest absolute Gasteiger partial charge is 0.319 e. The van der Waals surface area contributed by atoms with Crippen molar-refractivity contribution in [3.05, 3.63) is 24.3 Å². The standard InChI is InChI=1S/C18H28N4O3S/c1-13(2)21-26(24,25)17-7-3-14(4-8-17)19-18(23)20-15-9-11-22(12-10-15)16-5-6-16/h3-4,7-8,13,15-16,21H,5-6,9-12H2,1-2H3,(H2,19,20,23). The third-order valence-corrected chi connectivity index (χ3v) is 6.42. The molecule has 2 amide bonds. The summed E-state index contributed by atoms with van der Waals surface area (Å²) in [7, 11) is -3.52. The predicted octanol–water partition coefficient (Wildman–Crippen LogP) is 2.12. The Labute approximate surface area is 155 Å². The third-order valence-electron chi connectivity index (χ3n) is 4.74. The van der Waals surface area contributed by atoms with E-state index in [0.29, 0.717) is 5.69 Å². The third kappa shape index (κ3) is 5.18. The van der Waals surface area contributed by atoms with Crippen molar-refractivity contribution in [3.63, 3.8) is 0 Å². The molecule has 1 saturated heterocycles. The van der Waals surface area contributed by atoms with E-state index < -0.39 is 10.0 Å². The maximum atomic E-state index is 12.2. The van der Waals surface area contributed by atoms with Gasteiger partial charge in [0.1, 0.15) is 0 Å². The Bertz CT molecular complexity index is 721. The number of carbonyl (C=O) groups excluding carboxylic acids is 1. The molecule has 0 aromatic heterocycles. The van der Waals surface area contributed by atoms with Crippen LogP contribution in [0.4, 0.5) is 10.5 Å². The summed E-state index contributed by atoms with van der Waals surface area (Å²) in [5.74, 6) is 0. The molecule has 1 saturated carbocycles. The predicted molar refractivity (Wildman–Crippen MR) is 102 cm³/mol. The highest BCUT2D eigenvalue weighted by molar-refractivity contribution is 7.89. The van der Waals surface area contributed by atoms with E-state index in [1.165, 1.54) is 25.0 Å². The van der Waals surface area contributed by atoms with Gasteiger partial charge in [0.25, 0.3) is 0 Å². The number of sulfonamides is 1. The molecular weight excluding hydrogens is 352 g/mol. The van der Waals surface area contributed by atoms with Crippen molar-refractivity contribution in [1.29, 1.82) is 0 Å². The van der Waals surface area contributed by atoms with Crippen molar-refractivity contribution < 1.29 is 13.2 Å². The number of urea groups is 1. The van der Waals surface area contributed by atoms with Gasteiger partial charge in [-0.15, -0.1) is 0 Å². The lowest BCUT2D eigenvalue weighted by Gasteiger charge is -2.32. The Morgan fingerprint density at radius 3 is 2.23 bits per heavy atom. The number of nitrogens with zero attached hydrogens (tertiary/aromatic N) is 1. The largest absolute Gasteiger partial charge is 0.335 e. The summed E-state index contributed by atoms with van der Waals surface area (Å²) in [6, 6.07) is 6.75. The van der Waals surface area contributed by atoms with Gasteiger partial charge in [0.2, 0.25) is 10.0 Å². The summed E-state index contributed by atoms with van der Waals surface area (Å²) in [6.07, 6.45) is 4.58. The second-order valence-electron chi connectivity index (χ2n) is 7.44. The van der Waals surface area contributed by atoms with E-state index in [-0.39, 0.29) is 23.0 Å². The Kier molecular flexibility index (Phi) is 5.84. The molecule has 1 aromatic carbocycles. The minimum Gasteiger partial charge on any atom is -0.335 e. The number of piperidine rings is 1. The molecule has 0 spiro atoms. The van der Waals surface area contributed by atoms with E-state index >= 15 is 0 Å². The lowest BCUT2D eigenvalue weighted by molar-refractivity contribution is 0.189. The van der Waals surface area contributed by atoms with E-state index in [2.05, 4.69) is 20.3 Å². The monoisotopic (exact) mass is 380 g/mol. The van der Waals surface area contributed by atoms with Gasteiger partial charge in [0.05, 0.1) is 4.90 Å². The van der Waals surface area contributed by atoms with Crippen molar-refractivity contribution in [2.45, 2.75) is 62.6 Å². The van der Waals surface area contributed by atoms with Gasteiger partial charge in [-0.25, -0.2) is 17.9 Å². The number of amides is 2. The average Bonchev–Trinajstić information content (AvgIpc) is 3.40. The molecule has 7 nitrogen and oxygen atoms in total. The van der Waals surface area contributed by atoms with E-state index in [0.717, 1.165) is 32.0 Å². The first-order valence-electron chi connectivity index (χ1n) is 9.27. The van der Waals surface area contributed by atoms with Gasteiger partial charge in [-0.05, 0) is 63.8 Å². The molecule has 3 rings (SSSR count). The number of hydrogen-bond donors (Lipinski definition) is 3. The minimum atomic E-state index is -3.52. The summed E-state index contributed by atoms with van der Waals surface area (Å²) >= 11 is 0. The van der Waals surface area contributed by atoms with Gasteiger partial charge in [0, 0.05) is 36.9 Å². The lowest BCUT2D eigenvalue weighted by atomic mass is 10.1. The van der Waals surface area contributed by atoms with Gasteiger partial charge in [-0.1, -0.05) is 0 Å². The molecule has 3 N–H and O–H groups in total. The molecule has 0 radical (unpaired) electrons. The number of carbonyl (C=O) groups is 1. The molecule has 8 heteroatoms. The fourth-order valence-electron chi connectivity index (χ4n) is 3.30. The number of nitrogens with one attached hydrogen (secondary N) is 3. The van der Waals surface area contributed by atoms with E-state index in [1.807, 2.05) is 0 Å². The highest BCUT2D eigenvalue weighted by atomic mass is 32.2. The topological polar surface area (TPSA) is 90.5 Å². The Morgan fingerprint density at radius 1 is 1.08 bits per heavy atom. The molecule has 144 valence electrons. The van der Waals surface area contributed by atoms with Crippen LogP contribution >= 0.6 is 0 Å². The Morgan fingerprint density at radius 2 is 1.69 bits per heavy atom. The summed E-state index contributed by atoms with van der Waals surface area (Å²) in [6.45, 7) is 5.63. The summed E-state index contributed by atoms with van der Waals surface area (Å²) in [5, 5.41) is 5.79. The van der Waals surface area contributed by atoms with Crippen LogP contribution in [0.5, 0.6) is 0 Å². The van der Waals surface area contributed by atoms with Crippen LogP contribution in [0.1, 0.15) is 39.5 Å². The molecule has 1 aliphatic heterocycles. The normalized spacial score (nSPS) is 19.5. The van der Waals surface area contributed by atoms with Crippen LogP contribution in [0, 0.1) is 0 Å². The van der Waals surface area contributed by atoms with Crippen LogP contribution in [0.15, 0.2) is 29.2 Å². The minimum absolute atomic E-state index is 0.171. The van der Waals surface area contributed by atoms with Crippen molar-refractivity contribution in [3.8, 4) is 0 Å². The fourth-order valence-corrected chi connectivity index (χ4v) is 4.55. The van der Waals surface area contributed by atoms with Crippen molar-refractivity contribution in [2.24, 2.45) is 0 Å². The molecule has 2 fully saturated rings. The van der Waals surface area contributed by atoms with Crippen LogP contribution in [0.3, 0.4) is 0 Å². The summed E-state index contributed by atoms with van der Waals surface area (Å²) < 4.78 is 26.7. The molecule has 2 aliphatic rings. The van der Waals surface area contributed by atoms with Crippen LogP contribution < -0.4 is 15.4 Å². The lowest BCUT2D eigenvalue weighted by Crippen LogP contribution is -2.46. The zero-order chi connectivity index (χ0) is 18.7. The van der Waals surface area contributed by atoms with E-state index in [9.17, 15) is 13.2 Å². The number of hydrogen-bond acceptors (Lipinski definition) is 4. The van der Waals surface area contributed by atoms with Crippen molar-refractivity contribution >= 4 is 21.7 Å². The molecule has 0 atom stereocenters. The number of rotatable bonds is 6. The van der Waals surface area contributed by atoms with Crippen LogP contribution in [0.25, 0.3) is 0 Å². The van der Waals surface area contributed by atoms with Crippen LogP contribution in [0.2, 0.25) is 0 Å². The molecule has 0 unspecified atom stereocenters. The highest BCUT2D eigenvalue weighted by Crippen LogP contribution is 2.29. The number of benzene rings is 1. The maximum absolute atomic E-state index is 12.2. The number of anilines is 1. The Hall–Kier alpha value is -1.64. The molecule has 1 aromatic rings. The van der Waals surface area contributed by atoms with Crippen LogP contribution in [-0.2, 0) is 10.0 Å². The molecule has 1 heterocycles. The zero-order valence-corrected chi connectivity index (χ0v) is 16.2. The Balaban J connectivity index is 1.48. The molecule has 26 heavy (non-hydrogen) atoms. The van der Waals surface area contributed by atoms with Crippen LogP contribution in [-0.4, -0.2) is 50.6 Å². The fraction of sp³-hybridized carbons (Fsp3) is 0.611. The molecular formula is C18H28N4O3S. The van der Waals surface area contributed by atoms with E-state index in [1.54, 1.807) is 26.0 Å². The zero-order valence-electron chi connectivity index (χ0n) is 15.4.